The van der Waals surface area contributed by atoms with E-state index in [1.807, 2.05) is 20.0 Å². The molecular weight excluding hydrogens is 222 g/mol. The first-order chi connectivity index (χ1) is 7.65. The molecule has 0 radical (unpaired) electrons. The predicted molar refractivity (Wildman–Crippen MR) is 68.8 cm³/mol. The summed E-state index contributed by atoms with van der Waals surface area (Å²) in [5.74, 6) is 2.49. The first-order valence-corrected chi connectivity index (χ1v) is 6.45. The van der Waals surface area contributed by atoms with Crippen LogP contribution in [0.4, 0.5) is 5.82 Å². The van der Waals surface area contributed by atoms with Gasteiger partial charge in [-0.2, -0.15) is 11.8 Å². The van der Waals surface area contributed by atoms with Crippen molar-refractivity contribution >= 4 is 17.6 Å². The molecule has 1 aromatic heterocycles. The summed E-state index contributed by atoms with van der Waals surface area (Å²) in [5, 5.41) is 12.3. The Hall–Kier alpha value is -0.810. The highest BCUT2D eigenvalue weighted by Gasteiger charge is 2.05. The van der Waals surface area contributed by atoms with Crippen molar-refractivity contribution in [3.05, 3.63) is 17.6 Å². The van der Waals surface area contributed by atoms with Crippen LogP contribution in [0.5, 0.6) is 0 Å². The van der Waals surface area contributed by atoms with Gasteiger partial charge in [0.25, 0.3) is 0 Å². The summed E-state index contributed by atoms with van der Waals surface area (Å²) in [5.41, 5.74) is 0.977. The minimum atomic E-state index is 0.241. The molecule has 0 spiro atoms. The number of nitrogens with zero attached hydrogens (tertiary/aromatic N) is 2. The van der Waals surface area contributed by atoms with Gasteiger partial charge >= 0.3 is 0 Å². The highest BCUT2D eigenvalue weighted by Crippen LogP contribution is 2.18. The normalized spacial score (nSPS) is 12.5. The molecule has 2 N–H and O–H groups in total. The fourth-order valence-electron chi connectivity index (χ4n) is 1.30. The molecule has 0 saturated carbocycles. The second kappa shape index (κ2) is 6.70. The summed E-state index contributed by atoms with van der Waals surface area (Å²) in [7, 11) is 1.85. The summed E-state index contributed by atoms with van der Waals surface area (Å²) in [6.07, 6.45) is 0.815. The summed E-state index contributed by atoms with van der Waals surface area (Å²) in [6, 6.07) is 1.92. The van der Waals surface area contributed by atoms with Gasteiger partial charge in [0.05, 0.1) is 5.75 Å². The van der Waals surface area contributed by atoms with E-state index in [0.717, 1.165) is 29.5 Å². The standard InChI is InChI=1S/C11H19N3OS/c1-8-6-10(12-3)14-11(13-8)7-16-9(2)4-5-15/h6,9,15H,4-5,7H2,1-3H3,(H,12,13,14). The number of aromatic nitrogens is 2. The van der Waals surface area contributed by atoms with Crippen molar-refractivity contribution in [2.75, 3.05) is 19.0 Å². The lowest BCUT2D eigenvalue weighted by Crippen LogP contribution is -2.04. The molecule has 4 nitrogen and oxygen atoms in total. The van der Waals surface area contributed by atoms with E-state index < -0.39 is 0 Å². The second-order valence-corrected chi connectivity index (χ2v) is 5.12. The number of anilines is 1. The van der Waals surface area contributed by atoms with Crippen molar-refractivity contribution in [3.8, 4) is 0 Å². The Bertz CT molecular complexity index is 333. The number of thioether (sulfide) groups is 1. The van der Waals surface area contributed by atoms with Crippen LogP contribution < -0.4 is 5.32 Å². The molecule has 5 heteroatoms. The molecule has 0 aliphatic rings. The number of nitrogens with one attached hydrogen (secondary N) is 1. The Balaban J connectivity index is 2.56. The maximum absolute atomic E-state index is 8.81. The van der Waals surface area contributed by atoms with Crippen molar-refractivity contribution in [1.82, 2.24) is 9.97 Å². The first kappa shape index (κ1) is 13.3. The Morgan fingerprint density at radius 1 is 1.50 bits per heavy atom. The first-order valence-electron chi connectivity index (χ1n) is 5.40. The third-order valence-electron chi connectivity index (χ3n) is 2.19. The van der Waals surface area contributed by atoms with Crippen molar-refractivity contribution in [1.29, 1.82) is 0 Å². The molecule has 0 fully saturated rings. The van der Waals surface area contributed by atoms with Crippen LogP contribution in [0.2, 0.25) is 0 Å². The number of rotatable bonds is 6. The minimum Gasteiger partial charge on any atom is -0.396 e. The van der Waals surface area contributed by atoms with Crippen molar-refractivity contribution < 1.29 is 5.11 Å². The molecular formula is C11H19N3OS. The van der Waals surface area contributed by atoms with E-state index in [-0.39, 0.29) is 6.61 Å². The molecule has 1 heterocycles. The molecule has 0 aliphatic heterocycles. The van der Waals surface area contributed by atoms with E-state index in [1.54, 1.807) is 11.8 Å². The van der Waals surface area contributed by atoms with Crippen LogP contribution in [-0.4, -0.2) is 34.0 Å². The van der Waals surface area contributed by atoms with Gasteiger partial charge in [0.1, 0.15) is 11.6 Å². The summed E-state index contributed by atoms with van der Waals surface area (Å²) in [4.78, 5) is 8.76. The fraction of sp³-hybridized carbons (Fsp3) is 0.636. The average Bonchev–Trinajstić information content (AvgIpc) is 2.26. The lowest BCUT2D eigenvalue weighted by molar-refractivity contribution is 0.289. The number of hydrogen-bond acceptors (Lipinski definition) is 5. The van der Waals surface area contributed by atoms with Crippen LogP contribution in [0, 0.1) is 6.92 Å². The fourth-order valence-corrected chi connectivity index (χ4v) is 2.14. The van der Waals surface area contributed by atoms with E-state index in [4.69, 9.17) is 5.11 Å². The predicted octanol–water partition coefficient (Wildman–Crippen LogP) is 1.83. The van der Waals surface area contributed by atoms with Crippen LogP contribution in [0.1, 0.15) is 24.9 Å². The van der Waals surface area contributed by atoms with Crippen molar-refractivity contribution in [2.45, 2.75) is 31.3 Å². The van der Waals surface area contributed by atoms with Crippen LogP contribution in [0.3, 0.4) is 0 Å². The largest absolute Gasteiger partial charge is 0.396 e. The van der Waals surface area contributed by atoms with Crippen LogP contribution in [-0.2, 0) is 5.75 Å². The lowest BCUT2D eigenvalue weighted by atomic mass is 10.3. The maximum atomic E-state index is 8.81. The lowest BCUT2D eigenvalue weighted by Gasteiger charge is -2.09. The van der Waals surface area contributed by atoms with Crippen LogP contribution in [0.25, 0.3) is 0 Å². The molecule has 0 bridgehead atoms. The summed E-state index contributed by atoms with van der Waals surface area (Å²) >= 11 is 1.77. The maximum Gasteiger partial charge on any atom is 0.140 e. The van der Waals surface area contributed by atoms with E-state index >= 15 is 0 Å². The zero-order valence-corrected chi connectivity index (χ0v) is 10.8. The Morgan fingerprint density at radius 2 is 2.25 bits per heavy atom. The molecule has 1 unspecified atom stereocenters. The van der Waals surface area contributed by atoms with Crippen LogP contribution >= 0.6 is 11.8 Å². The highest BCUT2D eigenvalue weighted by molar-refractivity contribution is 7.99. The van der Waals surface area contributed by atoms with Crippen molar-refractivity contribution in [3.63, 3.8) is 0 Å². The van der Waals surface area contributed by atoms with Gasteiger partial charge in [0.15, 0.2) is 0 Å². The second-order valence-electron chi connectivity index (χ2n) is 3.69. The monoisotopic (exact) mass is 241 g/mol. The minimum absolute atomic E-state index is 0.241. The molecule has 0 amide bonds. The van der Waals surface area contributed by atoms with Gasteiger partial charge in [0, 0.05) is 30.7 Å². The van der Waals surface area contributed by atoms with Gasteiger partial charge in [-0.3, -0.25) is 0 Å². The van der Waals surface area contributed by atoms with Gasteiger partial charge in [-0.15, -0.1) is 0 Å². The average molecular weight is 241 g/mol. The number of aryl methyl sites for hydroxylation is 1. The molecule has 1 rings (SSSR count). The molecule has 0 aromatic carbocycles. The summed E-state index contributed by atoms with van der Waals surface area (Å²) in [6.45, 7) is 4.31. The zero-order valence-electron chi connectivity index (χ0n) is 10.0. The van der Waals surface area contributed by atoms with E-state index in [1.165, 1.54) is 0 Å². The van der Waals surface area contributed by atoms with Crippen LogP contribution in [0.15, 0.2) is 6.07 Å². The SMILES string of the molecule is CNc1cc(C)nc(CSC(C)CCO)n1. The quantitative estimate of drug-likeness (QED) is 0.795. The Morgan fingerprint density at radius 3 is 2.88 bits per heavy atom. The Labute approximate surface area is 101 Å². The Kier molecular flexibility index (Phi) is 5.55. The van der Waals surface area contributed by atoms with Gasteiger partial charge in [-0.05, 0) is 13.3 Å². The topological polar surface area (TPSA) is 58.0 Å². The number of aliphatic hydroxyl groups is 1. The number of hydrogen-bond donors (Lipinski definition) is 2. The molecule has 1 atom stereocenters. The van der Waals surface area contributed by atoms with E-state index in [2.05, 4.69) is 22.2 Å². The van der Waals surface area contributed by atoms with Crippen molar-refractivity contribution in [2.24, 2.45) is 0 Å². The smallest absolute Gasteiger partial charge is 0.140 e. The summed E-state index contributed by atoms with van der Waals surface area (Å²) < 4.78 is 0. The molecule has 0 aliphatic carbocycles. The number of aliphatic hydroxyl groups excluding tert-OH is 1. The molecule has 0 saturated heterocycles. The van der Waals surface area contributed by atoms with Gasteiger partial charge in [-0.25, -0.2) is 9.97 Å². The molecule has 90 valence electrons. The van der Waals surface area contributed by atoms with E-state index in [0.29, 0.717) is 5.25 Å². The zero-order chi connectivity index (χ0) is 12.0. The third kappa shape index (κ3) is 4.37. The van der Waals surface area contributed by atoms with Gasteiger partial charge in [-0.1, -0.05) is 6.92 Å². The van der Waals surface area contributed by atoms with Gasteiger partial charge in [0.2, 0.25) is 0 Å². The third-order valence-corrected chi connectivity index (χ3v) is 3.42. The van der Waals surface area contributed by atoms with Gasteiger partial charge < -0.3 is 10.4 Å². The molecule has 16 heavy (non-hydrogen) atoms. The van der Waals surface area contributed by atoms with E-state index in [9.17, 15) is 0 Å². The highest BCUT2D eigenvalue weighted by atomic mass is 32.2. The molecule has 1 aromatic rings.